The summed E-state index contributed by atoms with van der Waals surface area (Å²) in [5, 5.41) is 3.50. The molecule has 5 aliphatic rings. The Bertz CT molecular complexity index is 893. The van der Waals surface area contributed by atoms with Crippen molar-refractivity contribution >= 4 is 11.6 Å². The van der Waals surface area contributed by atoms with E-state index in [-0.39, 0.29) is 23.5 Å². The number of anilines is 1. The van der Waals surface area contributed by atoms with Crippen LogP contribution < -0.4 is 21.1 Å². The van der Waals surface area contributed by atoms with Crippen LogP contribution in [0.1, 0.15) is 69.4 Å². The van der Waals surface area contributed by atoms with Crippen LogP contribution in [0, 0.1) is 5.92 Å². The number of hydrazine groups is 1. The molecule has 37 heavy (non-hydrogen) atoms. The average Bonchev–Trinajstić information content (AvgIpc) is 3.38. The topological polar surface area (TPSA) is 78.1 Å². The molecule has 1 aromatic rings. The number of hydrogen-bond acceptors (Lipinski definition) is 7. The van der Waals surface area contributed by atoms with Crippen LogP contribution in [0.25, 0.3) is 0 Å². The van der Waals surface area contributed by atoms with Crippen molar-refractivity contribution in [3.05, 3.63) is 29.8 Å². The fourth-order valence-corrected chi connectivity index (χ4v) is 7.66. The third kappa shape index (κ3) is 5.69. The van der Waals surface area contributed by atoms with Crippen LogP contribution >= 0.6 is 0 Å². The molecule has 3 N–H and O–H groups in total. The normalized spacial score (nSPS) is 32.6. The number of rotatable bonds is 6. The van der Waals surface area contributed by atoms with Gasteiger partial charge in [-0.15, -0.1) is 0 Å². The summed E-state index contributed by atoms with van der Waals surface area (Å²) in [7, 11) is 0. The molecular weight excluding hydrogens is 466 g/mol. The van der Waals surface area contributed by atoms with Crippen molar-refractivity contribution in [1.82, 2.24) is 21.1 Å². The third-order valence-corrected chi connectivity index (χ3v) is 9.70. The minimum absolute atomic E-state index is 0.0323. The fourth-order valence-electron chi connectivity index (χ4n) is 7.66. The van der Waals surface area contributed by atoms with Crippen molar-refractivity contribution in [2.75, 3.05) is 57.5 Å². The number of hydrogen-bond donors (Lipinski definition) is 3. The van der Waals surface area contributed by atoms with Gasteiger partial charge in [0.05, 0.1) is 32.5 Å². The summed E-state index contributed by atoms with van der Waals surface area (Å²) in [6.45, 7) is 7.05. The molecule has 3 heterocycles. The lowest BCUT2D eigenvalue weighted by atomic mass is 9.76. The van der Waals surface area contributed by atoms with Gasteiger partial charge in [-0.2, -0.15) is 0 Å². The van der Waals surface area contributed by atoms with Crippen molar-refractivity contribution in [3.8, 4) is 0 Å². The molecule has 8 nitrogen and oxygen atoms in total. The monoisotopic (exact) mass is 511 g/mol. The van der Waals surface area contributed by atoms with E-state index in [4.69, 9.17) is 9.47 Å². The lowest BCUT2D eigenvalue weighted by Gasteiger charge is -2.48. The third-order valence-electron chi connectivity index (χ3n) is 9.70. The number of nitrogens with zero attached hydrogens (tertiary/aromatic N) is 2. The van der Waals surface area contributed by atoms with Crippen LogP contribution in [0.15, 0.2) is 24.3 Å². The van der Waals surface area contributed by atoms with Crippen LogP contribution in [-0.2, 0) is 14.3 Å². The zero-order valence-electron chi connectivity index (χ0n) is 22.3. The minimum atomic E-state index is 0.0323. The molecule has 4 unspecified atom stereocenters. The van der Waals surface area contributed by atoms with Crippen molar-refractivity contribution in [2.24, 2.45) is 5.92 Å². The highest BCUT2D eigenvalue weighted by molar-refractivity contribution is 5.77. The van der Waals surface area contributed by atoms with Crippen molar-refractivity contribution in [3.63, 3.8) is 0 Å². The highest BCUT2D eigenvalue weighted by atomic mass is 16.5. The van der Waals surface area contributed by atoms with Crippen LogP contribution in [-0.4, -0.2) is 81.0 Å². The van der Waals surface area contributed by atoms with E-state index in [0.29, 0.717) is 18.4 Å². The second-order valence-electron chi connectivity index (χ2n) is 11.9. The van der Waals surface area contributed by atoms with Gasteiger partial charge in [0.1, 0.15) is 0 Å². The number of ether oxygens (including phenoxy) is 2. The Morgan fingerprint density at radius 3 is 2.35 bits per heavy atom. The van der Waals surface area contributed by atoms with Crippen molar-refractivity contribution in [1.29, 1.82) is 0 Å². The van der Waals surface area contributed by atoms with Gasteiger partial charge in [0.2, 0.25) is 5.91 Å². The molecular formula is C29H45N5O3. The Morgan fingerprint density at radius 2 is 1.62 bits per heavy atom. The maximum Gasteiger partial charge on any atom is 0.222 e. The maximum atomic E-state index is 13.4. The van der Waals surface area contributed by atoms with Crippen LogP contribution in [0.4, 0.5) is 5.69 Å². The number of morpholine rings is 2. The van der Waals surface area contributed by atoms with Gasteiger partial charge < -0.3 is 19.7 Å². The first kappa shape index (κ1) is 25.6. The van der Waals surface area contributed by atoms with Crippen LogP contribution in [0.2, 0.25) is 0 Å². The fraction of sp³-hybridized carbons (Fsp3) is 0.759. The van der Waals surface area contributed by atoms with Gasteiger partial charge >= 0.3 is 0 Å². The molecule has 1 aromatic carbocycles. The van der Waals surface area contributed by atoms with E-state index < -0.39 is 0 Å². The molecule has 0 spiro atoms. The lowest BCUT2D eigenvalue weighted by Crippen LogP contribution is -2.57. The van der Waals surface area contributed by atoms with Gasteiger partial charge in [-0.3, -0.25) is 15.1 Å². The second kappa shape index (κ2) is 11.6. The Hall–Kier alpha value is -1.71. The summed E-state index contributed by atoms with van der Waals surface area (Å²) in [5.41, 5.74) is 9.79. The van der Waals surface area contributed by atoms with Gasteiger partial charge in [0.25, 0.3) is 0 Å². The average molecular weight is 512 g/mol. The molecule has 0 aromatic heterocycles. The van der Waals surface area contributed by atoms with E-state index in [9.17, 15) is 4.79 Å². The summed E-state index contributed by atoms with van der Waals surface area (Å²) in [6, 6.07) is 10.1. The molecule has 2 aliphatic carbocycles. The molecule has 0 bridgehead atoms. The van der Waals surface area contributed by atoms with Crippen LogP contribution in [0.3, 0.4) is 0 Å². The van der Waals surface area contributed by atoms with E-state index in [1.165, 1.54) is 30.5 Å². The second-order valence-corrected chi connectivity index (χ2v) is 11.9. The van der Waals surface area contributed by atoms with Gasteiger partial charge in [0.15, 0.2) is 0 Å². The van der Waals surface area contributed by atoms with Gasteiger partial charge in [0, 0.05) is 55.9 Å². The predicted molar refractivity (Wildman–Crippen MR) is 144 cm³/mol. The highest BCUT2D eigenvalue weighted by Crippen LogP contribution is 2.40. The number of nitrogens with one attached hydrogen (secondary N) is 3. The first-order valence-electron chi connectivity index (χ1n) is 14.8. The molecule has 6 rings (SSSR count). The quantitative estimate of drug-likeness (QED) is 0.542. The summed E-state index contributed by atoms with van der Waals surface area (Å²) in [5.74, 6) is 0.735. The number of fused-ring (bicyclic) bond motifs is 1. The Morgan fingerprint density at radius 1 is 0.919 bits per heavy atom. The first-order valence-corrected chi connectivity index (χ1v) is 14.8. The summed E-state index contributed by atoms with van der Waals surface area (Å²) < 4.78 is 11.1. The molecule has 2 saturated carbocycles. The summed E-state index contributed by atoms with van der Waals surface area (Å²) in [6.07, 6.45) is 9.88. The molecule has 3 aliphatic heterocycles. The van der Waals surface area contributed by atoms with Crippen LogP contribution in [0.5, 0.6) is 0 Å². The molecule has 204 valence electrons. The Kier molecular flexibility index (Phi) is 8.00. The molecule has 8 heteroatoms. The van der Waals surface area contributed by atoms with Crippen molar-refractivity contribution < 1.29 is 14.3 Å². The molecule has 4 atom stereocenters. The molecule has 1 amide bonds. The molecule has 0 radical (unpaired) electrons. The minimum Gasteiger partial charge on any atom is -0.379 e. The van der Waals surface area contributed by atoms with E-state index >= 15 is 0 Å². The predicted octanol–water partition coefficient (Wildman–Crippen LogP) is 2.75. The standard InChI is InChI=1S/C29H45N5O3/c35-27(21-29(10-2-1-3-11-29)34-14-18-37-19-15-34)30-23-6-9-26-25(20-23)28(32-31-26)22-4-7-24(8-5-22)33-12-16-36-17-13-33/h4-5,7-8,23,25-26,28,31-32H,1-3,6,9-21H2,(H,30,35). The lowest BCUT2D eigenvalue weighted by molar-refractivity contribution is -0.127. The first-order chi connectivity index (χ1) is 18.2. The van der Waals surface area contributed by atoms with E-state index in [0.717, 1.165) is 84.7 Å². The van der Waals surface area contributed by atoms with Gasteiger partial charge in [-0.25, -0.2) is 5.43 Å². The molecule has 5 fully saturated rings. The Labute approximate surface area is 221 Å². The summed E-state index contributed by atoms with van der Waals surface area (Å²) >= 11 is 0. The molecule has 3 saturated heterocycles. The Balaban J connectivity index is 1.07. The number of carbonyl (C=O) groups is 1. The highest BCUT2D eigenvalue weighted by Gasteiger charge is 2.43. The number of amides is 1. The smallest absolute Gasteiger partial charge is 0.222 e. The van der Waals surface area contributed by atoms with E-state index in [1.54, 1.807) is 0 Å². The van der Waals surface area contributed by atoms with Crippen molar-refractivity contribution in [2.45, 2.75) is 81.5 Å². The maximum absolute atomic E-state index is 13.4. The largest absolute Gasteiger partial charge is 0.379 e. The zero-order chi connectivity index (χ0) is 25.1. The number of benzene rings is 1. The zero-order valence-corrected chi connectivity index (χ0v) is 22.3. The van der Waals surface area contributed by atoms with Gasteiger partial charge in [-0.1, -0.05) is 31.4 Å². The van der Waals surface area contributed by atoms with Gasteiger partial charge in [-0.05, 0) is 55.7 Å². The van der Waals surface area contributed by atoms with E-state index in [2.05, 4.69) is 50.2 Å². The summed E-state index contributed by atoms with van der Waals surface area (Å²) in [4.78, 5) is 18.4. The number of carbonyl (C=O) groups excluding carboxylic acids is 1. The SMILES string of the molecule is O=C(CC1(N2CCOCC2)CCCCC1)NC1CCC2NNC(c3ccc(N4CCOCC4)cc3)C2C1. The van der Waals surface area contributed by atoms with E-state index in [1.807, 2.05) is 0 Å².